The molecule has 0 amide bonds. The highest BCUT2D eigenvalue weighted by Gasteiger charge is 2.12. The van der Waals surface area contributed by atoms with Crippen LogP contribution in [-0.2, 0) is 14.3 Å². The fourth-order valence-corrected chi connectivity index (χ4v) is 3.83. The lowest BCUT2D eigenvalue weighted by Gasteiger charge is -2.12. The normalized spacial score (nSPS) is 11.4. The van der Waals surface area contributed by atoms with E-state index in [4.69, 9.17) is 21.1 Å². The second-order valence-corrected chi connectivity index (χ2v) is 9.03. The molecule has 1 aromatic rings. The van der Waals surface area contributed by atoms with Crippen molar-refractivity contribution in [3.05, 3.63) is 40.6 Å². The van der Waals surface area contributed by atoms with Gasteiger partial charge in [0.05, 0.1) is 29.5 Å². The monoisotopic (exact) mass is 493 g/mol. The predicted octanol–water partition coefficient (Wildman–Crippen LogP) is 8.47. The number of carbonyl (C=O) groups excluding carboxylic acids is 2. The number of ether oxygens (including phenoxy) is 2. The van der Waals surface area contributed by atoms with Gasteiger partial charge in [-0.1, -0.05) is 96.1 Å². The highest BCUT2D eigenvalue weighted by atomic mass is 35.5. The van der Waals surface area contributed by atoms with E-state index in [1.54, 1.807) is 25.1 Å². The van der Waals surface area contributed by atoms with Gasteiger partial charge in [-0.3, -0.25) is 0 Å². The Hall–Kier alpha value is -2.01. The molecule has 0 saturated carbocycles. The van der Waals surface area contributed by atoms with Gasteiger partial charge in [-0.25, -0.2) is 9.59 Å². The van der Waals surface area contributed by atoms with E-state index in [2.05, 4.69) is 12.2 Å². The van der Waals surface area contributed by atoms with Gasteiger partial charge in [-0.15, -0.1) is 0 Å². The summed E-state index contributed by atoms with van der Waals surface area (Å²) < 4.78 is 10.4. The van der Waals surface area contributed by atoms with Crippen LogP contribution in [-0.4, -0.2) is 25.2 Å². The summed E-state index contributed by atoms with van der Waals surface area (Å²) in [7, 11) is 0. The van der Waals surface area contributed by atoms with Crippen molar-refractivity contribution in [2.75, 3.05) is 18.5 Å². The fraction of sp³-hybridized carbons (Fsp3) is 0.643. The maximum Gasteiger partial charge on any atom is 0.338 e. The lowest BCUT2D eigenvalue weighted by Crippen LogP contribution is -2.09. The number of anilines is 1. The van der Waals surface area contributed by atoms with Crippen molar-refractivity contribution in [3.63, 3.8) is 0 Å². The molecule has 1 aromatic carbocycles. The zero-order valence-electron chi connectivity index (χ0n) is 21.4. The molecule has 0 atom stereocenters. The summed E-state index contributed by atoms with van der Waals surface area (Å²) in [6.45, 7) is 6.66. The number of rotatable bonds is 19. The first-order valence-corrected chi connectivity index (χ1v) is 13.5. The molecule has 6 heteroatoms. The van der Waals surface area contributed by atoms with Gasteiger partial charge in [0.1, 0.15) is 0 Å². The van der Waals surface area contributed by atoms with E-state index in [0.717, 1.165) is 12.8 Å². The van der Waals surface area contributed by atoms with Crippen molar-refractivity contribution in [2.24, 2.45) is 0 Å². The van der Waals surface area contributed by atoms with Gasteiger partial charge in [-0.2, -0.15) is 0 Å². The summed E-state index contributed by atoms with van der Waals surface area (Å²) in [4.78, 5) is 24.2. The lowest BCUT2D eigenvalue weighted by atomic mass is 10.1. The second kappa shape index (κ2) is 19.3. The Labute approximate surface area is 211 Å². The molecule has 0 fully saturated rings. The highest BCUT2D eigenvalue weighted by Crippen LogP contribution is 2.25. The Morgan fingerprint density at radius 1 is 0.853 bits per heavy atom. The standard InChI is InChI=1S/C28H44ClNO4/c1-4-7-8-9-10-11-12-13-14-15-16-17-20-34-28(32)23-18-19-25(29)26(21-23)30-24(5-2)22-27(31)33-6-3/h18-19,21-22,30H,4-17,20H2,1-3H3. The van der Waals surface area contributed by atoms with E-state index in [9.17, 15) is 9.59 Å². The molecule has 1 rings (SSSR count). The zero-order valence-corrected chi connectivity index (χ0v) is 22.2. The number of nitrogens with one attached hydrogen (secondary N) is 1. The number of hydrogen-bond donors (Lipinski definition) is 1. The first kappa shape index (κ1) is 30.0. The Balaban J connectivity index is 2.31. The molecular weight excluding hydrogens is 450 g/mol. The summed E-state index contributed by atoms with van der Waals surface area (Å²) in [5.41, 5.74) is 1.64. The van der Waals surface area contributed by atoms with Crippen molar-refractivity contribution in [3.8, 4) is 0 Å². The fourth-order valence-electron chi connectivity index (χ4n) is 3.66. The Kier molecular flexibility index (Phi) is 17.1. The first-order chi connectivity index (χ1) is 16.5. The topological polar surface area (TPSA) is 64.6 Å². The Bertz CT molecular complexity index is 748. The molecule has 0 aliphatic heterocycles. The Morgan fingerprint density at radius 2 is 1.44 bits per heavy atom. The Morgan fingerprint density at radius 3 is 2.00 bits per heavy atom. The van der Waals surface area contributed by atoms with E-state index in [0.29, 0.717) is 41.6 Å². The van der Waals surface area contributed by atoms with E-state index < -0.39 is 5.97 Å². The summed E-state index contributed by atoms with van der Waals surface area (Å²) in [5.74, 6) is -0.781. The molecule has 192 valence electrons. The number of unbranched alkanes of at least 4 members (excludes halogenated alkanes) is 11. The number of benzene rings is 1. The van der Waals surface area contributed by atoms with Gasteiger partial charge in [0.25, 0.3) is 0 Å². The van der Waals surface area contributed by atoms with Crippen molar-refractivity contribution in [1.29, 1.82) is 0 Å². The number of carbonyl (C=O) groups is 2. The van der Waals surface area contributed by atoms with Crippen LogP contribution >= 0.6 is 11.6 Å². The molecule has 0 radical (unpaired) electrons. The third-order valence-corrected chi connectivity index (χ3v) is 6.02. The van der Waals surface area contributed by atoms with Crippen LogP contribution in [0, 0.1) is 0 Å². The van der Waals surface area contributed by atoms with Crippen LogP contribution in [0.5, 0.6) is 0 Å². The van der Waals surface area contributed by atoms with E-state index >= 15 is 0 Å². The van der Waals surface area contributed by atoms with Crippen LogP contribution in [0.2, 0.25) is 5.02 Å². The van der Waals surface area contributed by atoms with Gasteiger partial charge in [0, 0.05) is 11.8 Å². The predicted molar refractivity (Wildman–Crippen MR) is 141 cm³/mol. The van der Waals surface area contributed by atoms with Gasteiger partial charge in [0.15, 0.2) is 0 Å². The number of halogens is 1. The molecule has 5 nitrogen and oxygen atoms in total. The van der Waals surface area contributed by atoms with Gasteiger partial charge in [0.2, 0.25) is 0 Å². The summed E-state index contributed by atoms with van der Waals surface area (Å²) in [5, 5.41) is 3.58. The van der Waals surface area contributed by atoms with Crippen LogP contribution in [0.25, 0.3) is 0 Å². The van der Waals surface area contributed by atoms with E-state index in [-0.39, 0.29) is 5.97 Å². The molecule has 0 aromatic heterocycles. The molecule has 0 aliphatic rings. The molecular formula is C28H44ClNO4. The average Bonchev–Trinajstić information content (AvgIpc) is 2.82. The van der Waals surface area contributed by atoms with Gasteiger partial charge in [-0.05, 0) is 38.0 Å². The SMILES string of the molecule is CCCCCCCCCCCCCCOC(=O)c1ccc(Cl)c(NC(=CC(=O)OCC)CC)c1. The largest absolute Gasteiger partial charge is 0.463 e. The molecule has 0 unspecified atom stereocenters. The van der Waals surface area contributed by atoms with Crippen molar-refractivity contribution in [1.82, 2.24) is 0 Å². The summed E-state index contributed by atoms with van der Waals surface area (Å²) in [6.07, 6.45) is 17.2. The third kappa shape index (κ3) is 13.6. The maximum atomic E-state index is 12.4. The lowest BCUT2D eigenvalue weighted by molar-refractivity contribution is -0.137. The molecule has 1 N–H and O–H groups in total. The van der Waals surface area contributed by atoms with Crippen LogP contribution in [0.3, 0.4) is 0 Å². The van der Waals surface area contributed by atoms with Crippen LogP contribution < -0.4 is 5.32 Å². The molecule has 34 heavy (non-hydrogen) atoms. The van der Waals surface area contributed by atoms with E-state index in [1.807, 2.05) is 6.92 Å². The van der Waals surface area contributed by atoms with E-state index in [1.165, 1.54) is 70.3 Å². The summed E-state index contributed by atoms with van der Waals surface area (Å²) >= 11 is 6.28. The zero-order chi connectivity index (χ0) is 25.0. The quantitative estimate of drug-likeness (QED) is 0.119. The molecule has 0 bridgehead atoms. The van der Waals surface area contributed by atoms with Gasteiger partial charge >= 0.3 is 11.9 Å². The minimum absolute atomic E-state index is 0.313. The number of hydrogen-bond acceptors (Lipinski definition) is 5. The maximum absolute atomic E-state index is 12.4. The minimum atomic E-state index is -0.416. The highest BCUT2D eigenvalue weighted by molar-refractivity contribution is 6.33. The van der Waals surface area contributed by atoms with Crippen molar-refractivity contribution < 1.29 is 19.1 Å². The molecule has 0 spiro atoms. The van der Waals surface area contributed by atoms with Gasteiger partial charge < -0.3 is 14.8 Å². The second-order valence-electron chi connectivity index (χ2n) is 8.62. The number of allylic oxidation sites excluding steroid dienone is 1. The van der Waals surface area contributed by atoms with Crippen molar-refractivity contribution >= 4 is 29.2 Å². The molecule has 0 heterocycles. The molecule has 0 saturated heterocycles. The number of esters is 2. The van der Waals surface area contributed by atoms with Crippen LogP contribution in [0.1, 0.15) is 115 Å². The van der Waals surface area contributed by atoms with Crippen LogP contribution in [0.15, 0.2) is 30.0 Å². The summed E-state index contributed by atoms with van der Waals surface area (Å²) in [6, 6.07) is 4.96. The smallest absolute Gasteiger partial charge is 0.338 e. The van der Waals surface area contributed by atoms with Crippen molar-refractivity contribution in [2.45, 2.75) is 104 Å². The third-order valence-electron chi connectivity index (χ3n) is 5.69. The van der Waals surface area contributed by atoms with Crippen LogP contribution in [0.4, 0.5) is 5.69 Å². The average molecular weight is 494 g/mol. The first-order valence-electron chi connectivity index (χ1n) is 13.1. The minimum Gasteiger partial charge on any atom is -0.463 e. The molecule has 0 aliphatic carbocycles.